The zero-order valence-electron chi connectivity index (χ0n) is 13.5. The van der Waals surface area contributed by atoms with Crippen LogP contribution in [0.2, 0.25) is 0 Å². The minimum Gasteiger partial charge on any atom is -0.342 e. The van der Waals surface area contributed by atoms with Crippen LogP contribution in [0.1, 0.15) is 45.1 Å². The summed E-state index contributed by atoms with van der Waals surface area (Å²) in [5, 5.41) is 3.57. The molecule has 1 fully saturated rings. The number of amides is 1. The van der Waals surface area contributed by atoms with Crippen molar-refractivity contribution in [1.29, 1.82) is 0 Å². The average molecular weight is 288 g/mol. The van der Waals surface area contributed by atoms with E-state index in [0.717, 1.165) is 38.0 Å². The molecule has 21 heavy (non-hydrogen) atoms. The third-order valence-electron chi connectivity index (χ3n) is 4.71. The van der Waals surface area contributed by atoms with E-state index in [1.807, 2.05) is 37.3 Å². The molecule has 3 heteroatoms. The summed E-state index contributed by atoms with van der Waals surface area (Å²) in [7, 11) is 0. The second-order valence-electron chi connectivity index (χ2n) is 6.04. The molecule has 0 radical (unpaired) electrons. The van der Waals surface area contributed by atoms with Crippen molar-refractivity contribution in [2.45, 2.75) is 45.6 Å². The summed E-state index contributed by atoms with van der Waals surface area (Å²) in [6.45, 7) is 9.18. The van der Waals surface area contributed by atoms with Crippen LogP contribution in [0, 0.1) is 5.92 Å². The minimum atomic E-state index is -0.0422. The molecule has 3 unspecified atom stereocenters. The predicted octanol–water partition coefficient (Wildman–Crippen LogP) is 3.03. The van der Waals surface area contributed by atoms with Gasteiger partial charge in [0.1, 0.15) is 0 Å². The number of nitrogens with one attached hydrogen (secondary N) is 1. The van der Waals surface area contributed by atoms with Crippen molar-refractivity contribution in [1.82, 2.24) is 10.2 Å². The number of likely N-dealkylation sites (tertiary alicyclic amines) is 1. The number of nitrogens with zero attached hydrogens (tertiary/aromatic N) is 1. The van der Waals surface area contributed by atoms with E-state index in [9.17, 15) is 4.79 Å². The third kappa shape index (κ3) is 3.85. The number of carbonyl (C=O) groups excluding carboxylic acids is 1. The van der Waals surface area contributed by atoms with Gasteiger partial charge in [0.15, 0.2) is 0 Å². The smallest absolute Gasteiger partial charge is 0.229 e. The average Bonchev–Trinajstić information content (AvgIpc) is 2.55. The fourth-order valence-electron chi connectivity index (χ4n) is 3.34. The fourth-order valence-corrected chi connectivity index (χ4v) is 3.34. The van der Waals surface area contributed by atoms with Gasteiger partial charge in [-0.05, 0) is 31.4 Å². The van der Waals surface area contributed by atoms with Crippen LogP contribution in [0.3, 0.4) is 0 Å². The molecule has 1 saturated heterocycles. The molecule has 0 aliphatic carbocycles. The van der Waals surface area contributed by atoms with Gasteiger partial charge in [-0.1, -0.05) is 50.6 Å². The van der Waals surface area contributed by atoms with Crippen molar-refractivity contribution < 1.29 is 4.79 Å². The fraction of sp³-hybridized carbons (Fsp3) is 0.611. The molecule has 1 aromatic carbocycles. The van der Waals surface area contributed by atoms with E-state index in [1.54, 1.807) is 0 Å². The lowest BCUT2D eigenvalue weighted by Crippen LogP contribution is -2.51. The lowest BCUT2D eigenvalue weighted by Gasteiger charge is -2.39. The number of hydrogen-bond acceptors (Lipinski definition) is 2. The highest BCUT2D eigenvalue weighted by Crippen LogP contribution is 2.24. The molecule has 0 spiro atoms. The second-order valence-corrected chi connectivity index (χ2v) is 6.04. The van der Waals surface area contributed by atoms with Crippen LogP contribution in [0.5, 0.6) is 0 Å². The standard InChI is InChI=1S/C18H28N2O/c1-4-15-13-20(12-11-17(15)19-5-2)18(21)14(3)16-9-7-6-8-10-16/h6-10,14-15,17,19H,4-5,11-13H2,1-3H3. The summed E-state index contributed by atoms with van der Waals surface area (Å²) in [5.74, 6) is 0.805. The van der Waals surface area contributed by atoms with Crippen molar-refractivity contribution >= 4 is 5.91 Å². The number of benzene rings is 1. The van der Waals surface area contributed by atoms with E-state index in [4.69, 9.17) is 0 Å². The van der Waals surface area contributed by atoms with Gasteiger partial charge in [0.25, 0.3) is 0 Å². The quantitative estimate of drug-likeness (QED) is 0.903. The molecule has 3 atom stereocenters. The summed E-state index contributed by atoms with van der Waals surface area (Å²) in [4.78, 5) is 14.8. The van der Waals surface area contributed by atoms with Crippen molar-refractivity contribution in [2.24, 2.45) is 5.92 Å². The van der Waals surface area contributed by atoms with Crippen LogP contribution in [0.4, 0.5) is 0 Å². The van der Waals surface area contributed by atoms with Crippen molar-refractivity contribution in [3.05, 3.63) is 35.9 Å². The van der Waals surface area contributed by atoms with Gasteiger partial charge in [0, 0.05) is 19.1 Å². The summed E-state index contributed by atoms with van der Waals surface area (Å²) in [6.07, 6.45) is 2.20. The number of rotatable bonds is 5. The van der Waals surface area contributed by atoms with Crippen LogP contribution in [-0.4, -0.2) is 36.5 Å². The molecule has 0 aromatic heterocycles. The molecule has 2 rings (SSSR count). The minimum absolute atomic E-state index is 0.0422. The Balaban J connectivity index is 2.00. The molecule has 1 N–H and O–H groups in total. The first-order chi connectivity index (χ1) is 10.2. The van der Waals surface area contributed by atoms with Gasteiger partial charge in [0.05, 0.1) is 5.92 Å². The van der Waals surface area contributed by atoms with Crippen molar-refractivity contribution in [2.75, 3.05) is 19.6 Å². The maximum absolute atomic E-state index is 12.7. The van der Waals surface area contributed by atoms with E-state index >= 15 is 0 Å². The zero-order valence-corrected chi connectivity index (χ0v) is 13.5. The molecule has 1 aliphatic rings. The maximum Gasteiger partial charge on any atom is 0.229 e. The Kier molecular flexibility index (Phi) is 5.80. The highest BCUT2D eigenvalue weighted by molar-refractivity contribution is 5.83. The molecule has 3 nitrogen and oxygen atoms in total. The van der Waals surface area contributed by atoms with Crippen molar-refractivity contribution in [3.63, 3.8) is 0 Å². The Bertz CT molecular complexity index is 446. The Morgan fingerprint density at radius 1 is 1.33 bits per heavy atom. The second kappa shape index (κ2) is 7.60. The molecule has 1 aromatic rings. The van der Waals surface area contributed by atoms with E-state index in [2.05, 4.69) is 24.1 Å². The Labute approximate surface area is 128 Å². The number of piperidine rings is 1. The first-order valence-corrected chi connectivity index (χ1v) is 8.24. The number of hydrogen-bond donors (Lipinski definition) is 1. The molecular weight excluding hydrogens is 260 g/mol. The van der Waals surface area contributed by atoms with Crippen LogP contribution in [0.15, 0.2) is 30.3 Å². The van der Waals surface area contributed by atoms with Gasteiger partial charge in [-0.15, -0.1) is 0 Å². The van der Waals surface area contributed by atoms with Gasteiger partial charge in [-0.3, -0.25) is 4.79 Å². The largest absolute Gasteiger partial charge is 0.342 e. The molecule has 1 aliphatic heterocycles. The van der Waals surface area contributed by atoms with E-state index < -0.39 is 0 Å². The van der Waals surface area contributed by atoms with E-state index in [0.29, 0.717) is 12.0 Å². The summed E-state index contributed by atoms with van der Waals surface area (Å²) in [5.41, 5.74) is 1.12. The molecule has 0 bridgehead atoms. The third-order valence-corrected chi connectivity index (χ3v) is 4.71. The van der Waals surface area contributed by atoms with Gasteiger partial charge >= 0.3 is 0 Å². The number of carbonyl (C=O) groups is 1. The molecule has 116 valence electrons. The molecule has 1 heterocycles. The Morgan fingerprint density at radius 2 is 2.05 bits per heavy atom. The first kappa shape index (κ1) is 16.0. The summed E-state index contributed by atoms with van der Waals surface area (Å²) in [6, 6.07) is 10.7. The van der Waals surface area contributed by atoms with Gasteiger partial charge in [0.2, 0.25) is 5.91 Å². The van der Waals surface area contributed by atoms with Gasteiger partial charge in [-0.25, -0.2) is 0 Å². The highest BCUT2D eigenvalue weighted by atomic mass is 16.2. The molecule has 1 amide bonds. The van der Waals surface area contributed by atoms with Crippen LogP contribution >= 0.6 is 0 Å². The van der Waals surface area contributed by atoms with Crippen molar-refractivity contribution in [3.8, 4) is 0 Å². The molecular formula is C18H28N2O. The van der Waals surface area contributed by atoms with Crippen LogP contribution in [0.25, 0.3) is 0 Å². The van der Waals surface area contributed by atoms with Gasteiger partial charge in [-0.2, -0.15) is 0 Å². The zero-order chi connectivity index (χ0) is 15.2. The Morgan fingerprint density at radius 3 is 2.67 bits per heavy atom. The van der Waals surface area contributed by atoms with Crippen LogP contribution < -0.4 is 5.32 Å². The first-order valence-electron chi connectivity index (χ1n) is 8.24. The van der Waals surface area contributed by atoms with Crippen LogP contribution in [-0.2, 0) is 4.79 Å². The van der Waals surface area contributed by atoms with Gasteiger partial charge < -0.3 is 10.2 Å². The SMILES string of the molecule is CCNC1CCN(C(=O)C(C)c2ccccc2)CC1CC. The Hall–Kier alpha value is -1.35. The normalized spacial score (nSPS) is 23.9. The monoisotopic (exact) mass is 288 g/mol. The van der Waals surface area contributed by atoms with E-state index in [1.165, 1.54) is 0 Å². The predicted molar refractivity (Wildman–Crippen MR) is 87.3 cm³/mol. The molecule has 0 saturated carbocycles. The summed E-state index contributed by atoms with van der Waals surface area (Å²) < 4.78 is 0. The lowest BCUT2D eigenvalue weighted by molar-refractivity contribution is -0.134. The topological polar surface area (TPSA) is 32.3 Å². The maximum atomic E-state index is 12.7. The summed E-state index contributed by atoms with van der Waals surface area (Å²) >= 11 is 0. The highest BCUT2D eigenvalue weighted by Gasteiger charge is 2.31. The van der Waals surface area contributed by atoms with E-state index in [-0.39, 0.29) is 11.8 Å². The lowest BCUT2D eigenvalue weighted by atomic mass is 9.88.